The Kier molecular flexibility index (Phi) is 7.95. The van der Waals surface area contributed by atoms with Crippen LogP contribution in [-0.4, -0.2) is 32.2 Å². The summed E-state index contributed by atoms with van der Waals surface area (Å²) in [6.45, 7) is 15.1. The summed E-state index contributed by atoms with van der Waals surface area (Å²) >= 11 is 0. The summed E-state index contributed by atoms with van der Waals surface area (Å²) in [5, 5.41) is 23.3. The van der Waals surface area contributed by atoms with Crippen LogP contribution in [0.3, 0.4) is 0 Å². The predicted molar refractivity (Wildman–Crippen MR) is 155 cm³/mol. The monoisotopic (exact) mass is 512 g/mol. The highest BCUT2D eigenvalue weighted by atomic mass is 28.4. The fraction of sp³-hybridized carbons (Fsp3) is 0.290. The van der Waals surface area contributed by atoms with Crippen LogP contribution in [0.4, 0.5) is 0 Å². The zero-order chi connectivity index (χ0) is 26.8. The van der Waals surface area contributed by atoms with Crippen LogP contribution in [0.2, 0.25) is 5.04 Å². The molecule has 0 amide bonds. The average molecular weight is 513 g/mol. The highest BCUT2D eigenvalue weighted by molar-refractivity contribution is 6.99. The summed E-state index contributed by atoms with van der Waals surface area (Å²) in [7, 11) is -3.81. The van der Waals surface area contributed by atoms with Crippen molar-refractivity contribution in [2.75, 3.05) is 6.61 Å². The first-order chi connectivity index (χ1) is 17.5. The van der Waals surface area contributed by atoms with Gasteiger partial charge < -0.3 is 19.2 Å². The number of phenolic OH excluding ortho intramolecular Hbond substituents is 1. The molecular formula is C31H37BO4Si. The fourth-order valence-electron chi connectivity index (χ4n) is 5.37. The van der Waals surface area contributed by atoms with Crippen molar-refractivity contribution in [3.8, 4) is 5.75 Å². The second kappa shape index (κ2) is 10.8. The van der Waals surface area contributed by atoms with E-state index in [2.05, 4.69) is 75.9 Å². The highest BCUT2D eigenvalue weighted by Gasteiger charge is 2.50. The van der Waals surface area contributed by atoms with E-state index >= 15 is 0 Å². The van der Waals surface area contributed by atoms with Crippen molar-refractivity contribution in [2.24, 2.45) is 0 Å². The van der Waals surface area contributed by atoms with Crippen LogP contribution in [0.25, 0.3) is 0 Å². The minimum absolute atomic E-state index is 0.147. The van der Waals surface area contributed by atoms with Crippen LogP contribution in [0.15, 0.2) is 96.5 Å². The fourth-order valence-corrected chi connectivity index (χ4v) is 9.91. The third-order valence-electron chi connectivity index (χ3n) is 7.28. The van der Waals surface area contributed by atoms with Gasteiger partial charge in [0.2, 0.25) is 0 Å². The molecule has 0 bridgehead atoms. The molecule has 6 heteroatoms. The lowest BCUT2D eigenvalue weighted by atomic mass is 9.71. The highest BCUT2D eigenvalue weighted by Crippen LogP contribution is 2.38. The van der Waals surface area contributed by atoms with E-state index in [0.717, 1.165) is 22.3 Å². The van der Waals surface area contributed by atoms with Gasteiger partial charge in [0.25, 0.3) is 8.32 Å². The van der Waals surface area contributed by atoms with E-state index in [1.165, 1.54) is 10.4 Å². The molecule has 4 nitrogen and oxygen atoms in total. The zero-order valence-electron chi connectivity index (χ0n) is 22.5. The number of phenols is 1. The Morgan fingerprint density at radius 3 is 1.97 bits per heavy atom. The molecule has 1 aliphatic heterocycles. The van der Waals surface area contributed by atoms with Gasteiger partial charge in [-0.1, -0.05) is 94.1 Å². The van der Waals surface area contributed by atoms with Gasteiger partial charge >= 0.3 is 7.12 Å². The molecule has 1 unspecified atom stereocenters. The summed E-state index contributed by atoms with van der Waals surface area (Å²) in [4.78, 5) is 0. The Bertz CT molecular complexity index is 1220. The number of aryl methyl sites for hydroxylation is 2. The van der Waals surface area contributed by atoms with Crippen molar-refractivity contribution < 1.29 is 19.2 Å². The molecule has 1 atom stereocenters. The van der Waals surface area contributed by atoms with Gasteiger partial charge in [0.05, 0.1) is 12.7 Å². The number of hydrogen-bond acceptors (Lipinski definition) is 4. The van der Waals surface area contributed by atoms with Crippen molar-refractivity contribution >= 4 is 25.8 Å². The maximum atomic E-state index is 10.9. The SMILES string of the molecule is C=C(CO[Si](c1ccccc1)(c1ccccc1)C(C)(C)C)C1=CCC(c2cc(C)c(O)c(C)c2)OB1O. The van der Waals surface area contributed by atoms with E-state index in [1.54, 1.807) is 0 Å². The lowest BCUT2D eigenvalue weighted by molar-refractivity contribution is 0.167. The van der Waals surface area contributed by atoms with Gasteiger partial charge in [-0.15, -0.1) is 0 Å². The molecule has 4 rings (SSSR count). The lowest BCUT2D eigenvalue weighted by Gasteiger charge is -2.43. The molecule has 2 N–H and O–H groups in total. The molecule has 37 heavy (non-hydrogen) atoms. The number of hydrogen-bond donors (Lipinski definition) is 2. The first kappa shape index (κ1) is 27.1. The minimum atomic E-state index is -2.72. The molecule has 3 aromatic rings. The first-order valence-corrected chi connectivity index (χ1v) is 14.7. The number of benzene rings is 3. The summed E-state index contributed by atoms with van der Waals surface area (Å²) in [6.07, 6.45) is 2.32. The quantitative estimate of drug-likeness (QED) is 0.408. The second-order valence-electron chi connectivity index (χ2n) is 10.9. The molecule has 0 saturated heterocycles. The topological polar surface area (TPSA) is 58.9 Å². The molecule has 0 saturated carbocycles. The Balaban J connectivity index is 1.60. The van der Waals surface area contributed by atoms with Gasteiger partial charge in [0, 0.05) is 0 Å². The van der Waals surface area contributed by atoms with Crippen LogP contribution < -0.4 is 10.4 Å². The van der Waals surface area contributed by atoms with Crippen molar-refractivity contribution in [3.63, 3.8) is 0 Å². The summed E-state index contributed by atoms with van der Waals surface area (Å²) in [5.41, 5.74) is 3.92. The molecule has 1 aliphatic rings. The van der Waals surface area contributed by atoms with E-state index in [0.29, 0.717) is 24.2 Å². The normalized spacial score (nSPS) is 16.4. The smallest absolute Gasteiger partial charge is 0.491 e. The van der Waals surface area contributed by atoms with Crippen molar-refractivity contribution in [2.45, 2.75) is 52.2 Å². The van der Waals surface area contributed by atoms with Gasteiger partial charge in [-0.2, -0.15) is 0 Å². The summed E-state index contributed by atoms with van der Waals surface area (Å²) in [6, 6.07) is 24.8. The molecule has 0 spiro atoms. The molecule has 192 valence electrons. The van der Waals surface area contributed by atoms with E-state index in [4.69, 9.17) is 9.08 Å². The third-order valence-corrected chi connectivity index (χ3v) is 12.3. The Morgan fingerprint density at radius 2 is 1.51 bits per heavy atom. The van der Waals surface area contributed by atoms with Crippen LogP contribution in [-0.2, 0) is 9.08 Å². The Hall–Kier alpha value is -2.90. The maximum Gasteiger partial charge on any atom is 0.491 e. The van der Waals surface area contributed by atoms with Crippen LogP contribution >= 0.6 is 0 Å². The first-order valence-electron chi connectivity index (χ1n) is 12.8. The molecule has 0 fully saturated rings. The standard InChI is InChI=1S/C31H37BO4Si/c1-22-19-25(20-23(2)30(22)33)29-18-17-28(32(34)36-29)24(3)21-35-37(31(4,5)6,26-13-9-7-10-14-26)27-15-11-8-12-16-27/h7-17,19-20,29,33-34H,3,18,21H2,1-2,4-6H3. The average Bonchev–Trinajstić information content (AvgIpc) is 2.87. The second-order valence-corrected chi connectivity index (χ2v) is 15.2. The van der Waals surface area contributed by atoms with Gasteiger partial charge in [-0.05, 0) is 75.5 Å². The maximum absolute atomic E-state index is 10.9. The largest absolute Gasteiger partial charge is 0.507 e. The van der Waals surface area contributed by atoms with Crippen LogP contribution in [0.1, 0.15) is 50.0 Å². The Labute approximate surface area is 222 Å². The lowest BCUT2D eigenvalue weighted by Crippen LogP contribution is -2.66. The summed E-state index contributed by atoms with van der Waals surface area (Å²) < 4.78 is 13.0. The molecular weight excluding hydrogens is 475 g/mol. The van der Waals surface area contributed by atoms with Crippen molar-refractivity contribution in [1.82, 2.24) is 0 Å². The van der Waals surface area contributed by atoms with Crippen molar-refractivity contribution in [3.05, 3.63) is 113 Å². The minimum Gasteiger partial charge on any atom is -0.507 e. The molecule has 1 heterocycles. The van der Waals surface area contributed by atoms with Crippen LogP contribution in [0.5, 0.6) is 5.75 Å². The molecule has 0 radical (unpaired) electrons. The van der Waals surface area contributed by atoms with Crippen LogP contribution in [0, 0.1) is 13.8 Å². The van der Waals surface area contributed by atoms with E-state index < -0.39 is 15.4 Å². The van der Waals surface area contributed by atoms with Gasteiger partial charge in [0.15, 0.2) is 0 Å². The van der Waals surface area contributed by atoms with Crippen molar-refractivity contribution in [1.29, 1.82) is 0 Å². The number of rotatable bonds is 7. The summed E-state index contributed by atoms with van der Waals surface area (Å²) in [5.74, 6) is 0.296. The number of aromatic hydroxyl groups is 1. The van der Waals surface area contributed by atoms with E-state index in [9.17, 15) is 10.1 Å². The van der Waals surface area contributed by atoms with E-state index in [-0.39, 0.29) is 11.1 Å². The third kappa shape index (κ3) is 5.39. The van der Waals surface area contributed by atoms with Gasteiger partial charge in [-0.3, -0.25) is 0 Å². The Morgan fingerprint density at radius 1 is 1.00 bits per heavy atom. The van der Waals surface area contributed by atoms with Gasteiger partial charge in [0.1, 0.15) is 5.75 Å². The van der Waals surface area contributed by atoms with Gasteiger partial charge in [-0.25, -0.2) is 0 Å². The molecule has 0 aliphatic carbocycles. The zero-order valence-corrected chi connectivity index (χ0v) is 23.5. The predicted octanol–water partition coefficient (Wildman–Crippen LogP) is 5.55. The molecule has 0 aromatic heterocycles. The van der Waals surface area contributed by atoms with E-state index in [1.807, 2.05) is 44.2 Å². The molecule has 3 aromatic carbocycles.